The van der Waals surface area contributed by atoms with Crippen molar-refractivity contribution in [3.63, 3.8) is 0 Å². The minimum Gasteiger partial charge on any atom is -0.748 e. The molecule has 0 spiro atoms. The predicted octanol–water partition coefficient (Wildman–Crippen LogP) is 1.04. The second-order valence-corrected chi connectivity index (χ2v) is 4.13. The molecule has 0 saturated heterocycles. The van der Waals surface area contributed by atoms with E-state index in [0.717, 1.165) is 0 Å². The Kier molecular flexibility index (Phi) is 3.90. The fraction of sp³-hybridized carbons (Fsp3) is 1.00. The highest BCUT2D eigenvalue weighted by Crippen LogP contribution is 2.46. The molecule has 4 nitrogen and oxygen atoms in total. The lowest BCUT2D eigenvalue weighted by atomic mass is 10.1. The van der Waals surface area contributed by atoms with Crippen LogP contribution >= 0.6 is 0 Å². The molecule has 0 aliphatic heterocycles. The van der Waals surface area contributed by atoms with Gasteiger partial charge in [-0.05, 0) is 0 Å². The number of rotatable bonds is 3. The number of hydrogen-bond donors (Lipinski definition) is 0. The van der Waals surface area contributed by atoms with E-state index in [1.165, 1.54) is 0 Å². The van der Waals surface area contributed by atoms with Crippen molar-refractivity contribution in [1.82, 2.24) is 0 Å². The molecule has 98 valence electrons. The lowest BCUT2D eigenvalue weighted by Crippen LogP contribution is -2.62. The highest BCUT2D eigenvalue weighted by Gasteiger charge is 2.72. The Labute approximate surface area is 85.9 Å². The normalized spacial score (nSPS) is 15.2. The van der Waals surface area contributed by atoms with Gasteiger partial charge in [0.1, 0.15) is 0 Å². The van der Waals surface area contributed by atoms with E-state index in [4.69, 9.17) is 0 Å². The summed E-state index contributed by atoms with van der Waals surface area (Å²) in [5, 5.41) is 0. The first-order valence-corrected chi connectivity index (χ1v) is 4.97. The second kappa shape index (κ2) is 4.04. The van der Waals surface area contributed by atoms with Gasteiger partial charge < -0.3 is 9.29 Å². The Morgan fingerprint density at radius 1 is 1.06 bits per heavy atom. The molecule has 11 heteroatoms. The Balaban J connectivity index is 5.69. The highest BCUT2D eigenvalue weighted by atomic mass is 32.2. The maximum Gasteiger partial charge on any atom is 0.427 e. The predicted molar refractivity (Wildman–Crippen MR) is 36.4 cm³/mol. The van der Waals surface area contributed by atoms with Crippen LogP contribution in [-0.4, -0.2) is 43.8 Å². The van der Waals surface area contributed by atoms with Crippen molar-refractivity contribution < 1.29 is 44.0 Å². The van der Waals surface area contributed by atoms with Crippen molar-refractivity contribution in [1.29, 1.82) is 0 Å². The number of halogens is 6. The quantitative estimate of drug-likeness (QED) is 0.570. The standard InChI is InChI=1S/C5H6F6O4S/c1-15-3(4(6,7)8,5(9,10)11)2-16(12,13)14/h2H2,1H3,(H,12,13,14)/p-1. The maximum atomic E-state index is 12.2. The lowest BCUT2D eigenvalue weighted by Gasteiger charge is -2.36. The highest BCUT2D eigenvalue weighted by molar-refractivity contribution is 7.85. The number of methoxy groups -OCH3 is 1. The van der Waals surface area contributed by atoms with Gasteiger partial charge in [-0.15, -0.1) is 0 Å². The molecule has 0 rings (SSSR count). The van der Waals surface area contributed by atoms with Gasteiger partial charge in [0, 0.05) is 7.11 Å². The Bertz CT molecular complexity index is 327. The third kappa shape index (κ3) is 2.98. The fourth-order valence-corrected chi connectivity index (χ4v) is 1.81. The molecular formula is C5H5F6O4S-. The lowest BCUT2D eigenvalue weighted by molar-refractivity contribution is -0.366. The first-order chi connectivity index (χ1) is 6.77. The monoisotopic (exact) mass is 275 g/mol. The average molecular weight is 275 g/mol. The van der Waals surface area contributed by atoms with Crippen molar-refractivity contribution >= 4 is 10.1 Å². The van der Waals surface area contributed by atoms with Gasteiger partial charge in [-0.3, -0.25) is 0 Å². The molecule has 0 aromatic rings. The summed E-state index contributed by atoms with van der Waals surface area (Å²) < 4.78 is 106. The van der Waals surface area contributed by atoms with Crippen molar-refractivity contribution in [2.24, 2.45) is 0 Å². The van der Waals surface area contributed by atoms with Crippen LogP contribution in [0.4, 0.5) is 26.3 Å². The second-order valence-electron chi connectivity index (χ2n) is 2.73. The molecule has 0 radical (unpaired) electrons. The summed E-state index contributed by atoms with van der Waals surface area (Å²) in [4.78, 5) is 0. The Morgan fingerprint density at radius 3 is 1.44 bits per heavy atom. The first kappa shape index (κ1) is 15.4. The minimum absolute atomic E-state index is 0.0200. The number of hydrogen-bond acceptors (Lipinski definition) is 4. The molecular weight excluding hydrogens is 270 g/mol. The van der Waals surface area contributed by atoms with Crippen molar-refractivity contribution in [3.8, 4) is 0 Å². The van der Waals surface area contributed by atoms with Crippen LogP contribution in [0.1, 0.15) is 0 Å². The van der Waals surface area contributed by atoms with Gasteiger partial charge >= 0.3 is 12.4 Å². The molecule has 16 heavy (non-hydrogen) atoms. The third-order valence-electron chi connectivity index (χ3n) is 1.64. The fourth-order valence-electron chi connectivity index (χ4n) is 0.864. The molecule has 0 aromatic heterocycles. The van der Waals surface area contributed by atoms with Crippen molar-refractivity contribution in [2.45, 2.75) is 18.0 Å². The van der Waals surface area contributed by atoms with E-state index in [2.05, 4.69) is 4.74 Å². The number of alkyl halides is 6. The number of ether oxygens (including phenoxy) is 1. The summed E-state index contributed by atoms with van der Waals surface area (Å²) >= 11 is 0. The Hall–Kier alpha value is -0.550. The third-order valence-corrected chi connectivity index (χ3v) is 2.40. The zero-order valence-corrected chi connectivity index (χ0v) is 8.33. The molecule has 0 fully saturated rings. The van der Waals surface area contributed by atoms with Gasteiger partial charge in [-0.2, -0.15) is 26.3 Å². The molecule has 0 aromatic carbocycles. The summed E-state index contributed by atoms with van der Waals surface area (Å²) in [6.07, 6.45) is -12.1. The van der Waals surface area contributed by atoms with Crippen LogP contribution in [0.3, 0.4) is 0 Å². The van der Waals surface area contributed by atoms with E-state index in [9.17, 15) is 39.3 Å². The SMILES string of the molecule is COC(CS(=O)(=O)[O-])(C(F)(F)F)C(F)(F)F. The van der Waals surface area contributed by atoms with Gasteiger partial charge in [-0.1, -0.05) is 0 Å². The summed E-state index contributed by atoms with van der Waals surface area (Å²) in [6, 6.07) is 0. The van der Waals surface area contributed by atoms with E-state index in [0.29, 0.717) is 0 Å². The van der Waals surface area contributed by atoms with E-state index in [1.54, 1.807) is 0 Å². The van der Waals surface area contributed by atoms with Crippen LogP contribution in [0, 0.1) is 0 Å². The molecule has 0 N–H and O–H groups in total. The van der Waals surface area contributed by atoms with Gasteiger partial charge in [0.2, 0.25) is 0 Å². The molecule has 0 aliphatic rings. The van der Waals surface area contributed by atoms with Crippen LogP contribution in [0.15, 0.2) is 0 Å². The summed E-state index contributed by atoms with van der Waals surface area (Å²) in [5.74, 6) is -2.76. The molecule has 0 amide bonds. The zero-order valence-electron chi connectivity index (χ0n) is 7.52. The summed E-state index contributed by atoms with van der Waals surface area (Å²) in [5.41, 5.74) is -5.00. The van der Waals surface area contributed by atoms with Crippen LogP contribution in [0.25, 0.3) is 0 Å². The van der Waals surface area contributed by atoms with E-state index < -0.39 is 33.8 Å². The summed E-state index contributed by atoms with van der Waals surface area (Å²) in [7, 11) is -5.76. The molecule has 0 atom stereocenters. The van der Waals surface area contributed by atoms with Crippen LogP contribution in [0.2, 0.25) is 0 Å². The first-order valence-electron chi connectivity index (χ1n) is 3.39. The van der Waals surface area contributed by atoms with Crippen LogP contribution < -0.4 is 0 Å². The molecule has 0 bridgehead atoms. The van der Waals surface area contributed by atoms with E-state index in [1.807, 2.05) is 0 Å². The minimum atomic E-state index is -6.07. The molecule has 0 unspecified atom stereocenters. The van der Waals surface area contributed by atoms with Gasteiger partial charge in [0.15, 0.2) is 0 Å². The van der Waals surface area contributed by atoms with Gasteiger partial charge in [-0.25, -0.2) is 8.42 Å². The largest absolute Gasteiger partial charge is 0.748 e. The van der Waals surface area contributed by atoms with Gasteiger partial charge in [0.05, 0.1) is 15.9 Å². The molecule has 0 aliphatic carbocycles. The smallest absolute Gasteiger partial charge is 0.427 e. The van der Waals surface area contributed by atoms with Crippen LogP contribution in [-0.2, 0) is 14.9 Å². The maximum absolute atomic E-state index is 12.2. The summed E-state index contributed by atoms with van der Waals surface area (Å²) in [6.45, 7) is 0. The van der Waals surface area contributed by atoms with Crippen molar-refractivity contribution in [2.75, 3.05) is 12.9 Å². The Morgan fingerprint density at radius 2 is 1.38 bits per heavy atom. The van der Waals surface area contributed by atoms with Gasteiger partial charge in [0.25, 0.3) is 5.60 Å². The molecule has 0 saturated carbocycles. The topological polar surface area (TPSA) is 66.4 Å². The van der Waals surface area contributed by atoms with E-state index in [-0.39, 0.29) is 7.11 Å². The average Bonchev–Trinajstić information content (AvgIpc) is 1.93. The van der Waals surface area contributed by atoms with E-state index >= 15 is 0 Å². The van der Waals surface area contributed by atoms with Crippen molar-refractivity contribution in [3.05, 3.63) is 0 Å². The zero-order chi connectivity index (χ0) is 13.4. The van der Waals surface area contributed by atoms with Crippen LogP contribution in [0.5, 0.6) is 0 Å². The molecule has 0 heterocycles.